The molecular weight excluding hydrogens is 332 g/mol. The number of H-pyrrole nitrogens is 1. The van der Waals surface area contributed by atoms with Gasteiger partial charge in [-0.2, -0.15) is 5.10 Å². The molecule has 138 valence electrons. The van der Waals surface area contributed by atoms with Crippen LogP contribution in [0.4, 0.5) is 0 Å². The van der Waals surface area contributed by atoms with Crippen molar-refractivity contribution in [3.05, 3.63) is 10.6 Å². The minimum atomic E-state index is 0.328. The second-order valence-corrected chi connectivity index (χ2v) is 9.55. The average Bonchev–Trinajstić information content (AvgIpc) is 2.96. The lowest BCUT2D eigenvalue weighted by molar-refractivity contribution is -0.908. The highest BCUT2D eigenvalue weighted by molar-refractivity contribution is 7.71. The van der Waals surface area contributed by atoms with Gasteiger partial charge in [0.15, 0.2) is 4.77 Å². The first-order valence-electron chi connectivity index (χ1n) is 10.3. The molecule has 1 aliphatic heterocycles. The molecule has 1 aromatic rings. The lowest BCUT2D eigenvalue weighted by atomic mass is 9.49. The van der Waals surface area contributed by atoms with Crippen molar-refractivity contribution in [3.63, 3.8) is 0 Å². The molecule has 4 aliphatic carbocycles. The number of aromatic amines is 1. The summed E-state index contributed by atoms with van der Waals surface area (Å²) in [6.07, 6.45) is 9.68. The van der Waals surface area contributed by atoms with Gasteiger partial charge in [-0.05, 0) is 68.5 Å². The van der Waals surface area contributed by atoms with Crippen LogP contribution >= 0.6 is 12.2 Å². The van der Waals surface area contributed by atoms with Crippen molar-refractivity contribution in [2.24, 2.45) is 17.8 Å². The number of hydrogen-bond acceptors (Lipinski definition) is 3. The SMILES string of the molecule is S=c1[nH]nc(C23CC4CC(CC(C4)C2)C3)n1CCC[NH+]1CCOCC1. The molecule has 2 N–H and O–H groups in total. The Bertz CT molecular complexity index is 640. The molecule has 1 saturated heterocycles. The monoisotopic (exact) mass is 363 g/mol. The van der Waals surface area contributed by atoms with Crippen LogP contribution in [0.3, 0.4) is 0 Å². The molecule has 0 spiro atoms. The third-order valence-electron chi connectivity index (χ3n) is 7.38. The van der Waals surface area contributed by atoms with E-state index in [1.807, 2.05) is 0 Å². The quantitative estimate of drug-likeness (QED) is 0.783. The van der Waals surface area contributed by atoms with Crippen LogP contribution in [-0.4, -0.2) is 47.6 Å². The van der Waals surface area contributed by atoms with E-state index in [-0.39, 0.29) is 0 Å². The summed E-state index contributed by atoms with van der Waals surface area (Å²) in [4.78, 5) is 1.68. The van der Waals surface area contributed by atoms with Gasteiger partial charge in [-0.15, -0.1) is 0 Å². The van der Waals surface area contributed by atoms with Crippen molar-refractivity contribution in [2.75, 3.05) is 32.8 Å². The number of hydrogen-bond donors (Lipinski definition) is 2. The number of ether oxygens (including phenoxy) is 1. The highest BCUT2D eigenvalue weighted by atomic mass is 32.1. The molecule has 0 amide bonds. The third-order valence-corrected chi connectivity index (χ3v) is 7.69. The maximum atomic E-state index is 5.62. The smallest absolute Gasteiger partial charge is 0.195 e. The first-order valence-corrected chi connectivity index (χ1v) is 10.7. The van der Waals surface area contributed by atoms with Gasteiger partial charge < -0.3 is 14.2 Å². The number of rotatable bonds is 5. The van der Waals surface area contributed by atoms with E-state index in [1.54, 1.807) is 4.90 Å². The van der Waals surface area contributed by atoms with E-state index < -0.39 is 0 Å². The Balaban J connectivity index is 1.32. The van der Waals surface area contributed by atoms with E-state index in [0.29, 0.717) is 5.41 Å². The van der Waals surface area contributed by atoms with Gasteiger partial charge in [0.1, 0.15) is 18.9 Å². The zero-order valence-corrected chi connectivity index (χ0v) is 16.0. The van der Waals surface area contributed by atoms with Crippen molar-refractivity contribution in [1.82, 2.24) is 14.8 Å². The Labute approximate surface area is 155 Å². The van der Waals surface area contributed by atoms with Gasteiger partial charge in [-0.3, -0.25) is 5.10 Å². The van der Waals surface area contributed by atoms with Crippen LogP contribution in [0.5, 0.6) is 0 Å². The normalized spacial score (nSPS) is 37.7. The molecule has 0 radical (unpaired) electrons. The Morgan fingerprint density at radius 2 is 1.76 bits per heavy atom. The van der Waals surface area contributed by atoms with Gasteiger partial charge in [0, 0.05) is 18.4 Å². The predicted octanol–water partition coefficient (Wildman–Crippen LogP) is 1.71. The fourth-order valence-corrected chi connectivity index (χ4v) is 6.94. The topological polar surface area (TPSA) is 47.3 Å². The molecule has 4 bridgehead atoms. The Morgan fingerprint density at radius 1 is 1.12 bits per heavy atom. The summed E-state index contributed by atoms with van der Waals surface area (Å²) in [6, 6.07) is 0. The zero-order chi connectivity index (χ0) is 16.9. The standard InChI is InChI=1S/C19H30N4OS/c25-18-21-20-17(23(18)3-1-2-22-4-6-24-7-5-22)19-11-14-8-15(12-19)10-16(9-14)13-19/h14-16H,1-13H2,(H,21,25)/p+1. The van der Waals surface area contributed by atoms with Crippen molar-refractivity contribution in [1.29, 1.82) is 0 Å². The van der Waals surface area contributed by atoms with E-state index in [0.717, 1.165) is 55.4 Å². The van der Waals surface area contributed by atoms with Crippen LogP contribution in [0.2, 0.25) is 0 Å². The summed E-state index contributed by atoms with van der Waals surface area (Å²) in [5.74, 6) is 4.14. The summed E-state index contributed by atoms with van der Waals surface area (Å²) in [5, 5.41) is 7.93. The molecule has 4 saturated carbocycles. The largest absolute Gasteiger partial charge is 0.370 e. The summed E-state index contributed by atoms with van der Waals surface area (Å²) >= 11 is 5.62. The maximum Gasteiger partial charge on any atom is 0.195 e. The van der Waals surface area contributed by atoms with E-state index >= 15 is 0 Å². The van der Waals surface area contributed by atoms with E-state index in [1.165, 1.54) is 57.3 Å². The summed E-state index contributed by atoms with van der Waals surface area (Å²) < 4.78 is 8.67. The minimum Gasteiger partial charge on any atom is -0.370 e. The lowest BCUT2D eigenvalue weighted by Crippen LogP contribution is -3.14. The third kappa shape index (κ3) is 3.00. The molecule has 6 heteroatoms. The molecule has 2 heterocycles. The highest BCUT2D eigenvalue weighted by Gasteiger charge is 2.53. The number of nitrogens with one attached hydrogen (secondary N) is 2. The number of morpholine rings is 1. The average molecular weight is 364 g/mol. The molecule has 0 atom stereocenters. The minimum absolute atomic E-state index is 0.328. The van der Waals surface area contributed by atoms with Gasteiger partial charge in [0.05, 0.1) is 19.8 Å². The lowest BCUT2D eigenvalue weighted by Gasteiger charge is -2.56. The first kappa shape index (κ1) is 16.5. The molecule has 0 unspecified atom stereocenters. The molecule has 5 aliphatic rings. The first-order chi connectivity index (χ1) is 12.2. The second-order valence-electron chi connectivity index (χ2n) is 9.17. The molecular formula is C19H31N4OS+. The molecule has 5 fully saturated rings. The Hall–Kier alpha value is -0.720. The maximum absolute atomic E-state index is 5.62. The molecule has 1 aromatic heterocycles. The van der Waals surface area contributed by atoms with Crippen molar-refractivity contribution < 1.29 is 9.64 Å². The number of nitrogens with zero attached hydrogens (tertiary/aromatic N) is 2. The summed E-state index contributed by atoms with van der Waals surface area (Å²) in [7, 11) is 0. The van der Waals surface area contributed by atoms with Gasteiger partial charge >= 0.3 is 0 Å². The van der Waals surface area contributed by atoms with E-state index in [4.69, 9.17) is 22.1 Å². The molecule has 5 nitrogen and oxygen atoms in total. The van der Waals surface area contributed by atoms with Gasteiger partial charge in [-0.25, -0.2) is 0 Å². The van der Waals surface area contributed by atoms with Crippen molar-refractivity contribution in [2.45, 2.75) is 56.9 Å². The Morgan fingerprint density at radius 3 is 2.40 bits per heavy atom. The van der Waals surface area contributed by atoms with Crippen LogP contribution in [-0.2, 0) is 16.7 Å². The highest BCUT2D eigenvalue weighted by Crippen LogP contribution is 2.60. The van der Waals surface area contributed by atoms with Crippen LogP contribution in [0, 0.1) is 22.5 Å². The zero-order valence-electron chi connectivity index (χ0n) is 15.1. The predicted molar refractivity (Wildman–Crippen MR) is 98.3 cm³/mol. The molecule has 25 heavy (non-hydrogen) atoms. The van der Waals surface area contributed by atoms with Crippen LogP contribution < -0.4 is 4.90 Å². The summed E-state index contributed by atoms with van der Waals surface area (Å²) in [6.45, 7) is 6.38. The molecule has 6 rings (SSSR count). The van der Waals surface area contributed by atoms with Crippen LogP contribution in [0.15, 0.2) is 0 Å². The fourth-order valence-electron chi connectivity index (χ4n) is 6.71. The molecule has 0 aromatic carbocycles. The number of quaternary nitrogens is 1. The van der Waals surface area contributed by atoms with Crippen molar-refractivity contribution in [3.8, 4) is 0 Å². The van der Waals surface area contributed by atoms with Gasteiger partial charge in [0.2, 0.25) is 0 Å². The van der Waals surface area contributed by atoms with Gasteiger partial charge in [0.25, 0.3) is 0 Å². The van der Waals surface area contributed by atoms with Crippen LogP contribution in [0.25, 0.3) is 0 Å². The van der Waals surface area contributed by atoms with E-state index in [2.05, 4.69) is 9.67 Å². The number of aromatic nitrogens is 3. The summed E-state index contributed by atoms with van der Waals surface area (Å²) in [5.41, 5.74) is 0.328. The fraction of sp³-hybridized carbons (Fsp3) is 0.895. The Kier molecular flexibility index (Phi) is 4.25. The van der Waals surface area contributed by atoms with Crippen LogP contribution in [0.1, 0.15) is 50.8 Å². The van der Waals surface area contributed by atoms with Gasteiger partial charge in [-0.1, -0.05) is 0 Å². The second kappa shape index (κ2) is 6.46. The van der Waals surface area contributed by atoms with Crippen molar-refractivity contribution >= 4 is 12.2 Å². The van der Waals surface area contributed by atoms with E-state index in [9.17, 15) is 0 Å².